The summed E-state index contributed by atoms with van der Waals surface area (Å²) < 4.78 is 17.4. The maximum Gasteiger partial charge on any atom is 0.257 e. The first-order valence-electron chi connectivity index (χ1n) is 3.58. The molecule has 0 aliphatic carbocycles. The van der Waals surface area contributed by atoms with Crippen LogP contribution in [0, 0.1) is 0 Å². The van der Waals surface area contributed by atoms with Crippen LogP contribution in [0.1, 0.15) is 5.56 Å². The highest BCUT2D eigenvalue weighted by Gasteiger charge is 2.12. The number of rotatable bonds is 0. The zero-order valence-corrected chi connectivity index (χ0v) is 6.20. The molecule has 0 amide bonds. The highest BCUT2D eigenvalue weighted by Crippen LogP contribution is 2.29. The fraction of sp³-hybridized carbons (Fsp3) is 0.111. The molecular weight excluding hydrogens is 159 g/mol. The Bertz CT molecular complexity index is 333. The summed E-state index contributed by atoms with van der Waals surface area (Å²) in [6.07, 6.45) is 1.51. The van der Waals surface area contributed by atoms with E-state index in [1.54, 1.807) is 12.1 Å². The third-order valence-corrected chi connectivity index (χ3v) is 1.66. The molecule has 2 rings (SSSR count). The van der Waals surface area contributed by atoms with Gasteiger partial charge < -0.3 is 9.84 Å². The van der Waals surface area contributed by atoms with Crippen LogP contribution in [0.25, 0.3) is 6.08 Å². The molecule has 0 spiro atoms. The van der Waals surface area contributed by atoms with E-state index in [2.05, 4.69) is 0 Å². The van der Waals surface area contributed by atoms with Crippen LogP contribution in [0.2, 0.25) is 0 Å². The van der Waals surface area contributed by atoms with Gasteiger partial charge in [0.1, 0.15) is 11.5 Å². The van der Waals surface area contributed by atoms with Crippen molar-refractivity contribution < 1.29 is 14.2 Å². The van der Waals surface area contributed by atoms with Crippen LogP contribution in [0.15, 0.2) is 24.3 Å². The number of phenols is 1. The SMILES string of the molecule is Oc1ccc2c(c1)C=CC(F)O2. The molecule has 1 aromatic rings. The number of benzene rings is 1. The van der Waals surface area contributed by atoms with Crippen LogP contribution in [0.3, 0.4) is 0 Å². The number of hydrogen-bond acceptors (Lipinski definition) is 2. The molecule has 1 aliphatic heterocycles. The van der Waals surface area contributed by atoms with E-state index < -0.39 is 6.36 Å². The lowest BCUT2D eigenvalue weighted by atomic mass is 10.1. The summed E-state index contributed by atoms with van der Waals surface area (Å²) in [4.78, 5) is 0. The molecule has 1 aromatic carbocycles. The van der Waals surface area contributed by atoms with Gasteiger partial charge in [-0.25, -0.2) is 0 Å². The second-order valence-electron chi connectivity index (χ2n) is 2.55. The van der Waals surface area contributed by atoms with Crippen molar-refractivity contribution in [2.45, 2.75) is 6.36 Å². The normalized spacial score (nSPS) is 19.9. The molecule has 0 bridgehead atoms. The second-order valence-corrected chi connectivity index (χ2v) is 2.55. The molecule has 0 saturated heterocycles. The van der Waals surface area contributed by atoms with Gasteiger partial charge in [0.2, 0.25) is 0 Å². The Morgan fingerprint density at radius 3 is 3.08 bits per heavy atom. The first-order chi connectivity index (χ1) is 5.75. The largest absolute Gasteiger partial charge is 0.508 e. The van der Waals surface area contributed by atoms with Crippen molar-refractivity contribution >= 4 is 6.08 Å². The fourth-order valence-corrected chi connectivity index (χ4v) is 1.11. The second kappa shape index (κ2) is 2.52. The third-order valence-electron chi connectivity index (χ3n) is 1.66. The number of ether oxygens (including phenoxy) is 1. The predicted octanol–water partition coefficient (Wildman–Crippen LogP) is 2.09. The summed E-state index contributed by atoms with van der Waals surface area (Å²) in [7, 11) is 0. The van der Waals surface area contributed by atoms with Crippen LogP contribution in [-0.2, 0) is 0 Å². The Labute approximate surface area is 68.9 Å². The number of phenolic OH excluding ortho intramolecular Hbond substituents is 1. The lowest BCUT2D eigenvalue weighted by molar-refractivity contribution is 0.111. The van der Waals surface area contributed by atoms with E-state index >= 15 is 0 Å². The maximum atomic E-state index is 12.6. The van der Waals surface area contributed by atoms with Crippen molar-refractivity contribution in [2.75, 3.05) is 0 Å². The van der Waals surface area contributed by atoms with Gasteiger partial charge in [-0.1, -0.05) is 0 Å². The molecule has 1 heterocycles. The Balaban J connectivity index is 2.47. The fourth-order valence-electron chi connectivity index (χ4n) is 1.11. The van der Waals surface area contributed by atoms with E-state index in [1.807, 2.05) is 0 Å². The monoisotopic (exact) mass is 166 g/mol. The number of aromatic hydroxyl groups is 1. The van der Waals surface area contributed by atoms with Gasteiger partial charge in [0.15, 0.2) is 0 Å². The van der Waals surface area contributed by atoms with Gasteiger partial charge in [-0.3, -0.25) is 0 Å². The Hall–Kier alpha value is -1.51. The molecule has 1 aliphatic rings. The molecule has 2 nitrogen and oxygen atoms in total. The average Bonchev–Trinajstić information content (AvgIpc) is 2.05. The van der Waals surface area contributed by atoms with E-state index in [4.69, 9.17) is 9.84 Å². The Morgan fingerprint density at radius 2 is 2.25 bits per heavy atom. The molecule has 0 radical (unpaired) electrons. The van der Waals surface area contributed by atoms with Crippen LogP contribution in [0.5, 0.6) is 11.5 Å². The minimum Gasteiger partial charge on any atom is -0.508 e. The number of alkyl halides is 1. The first-order valence-corrected chi connectivity index (χ1v) is 3.58. The van der Waals surface area contributed by atoms with Crippen molar-refractivity contribution in [3.8, 4) is 11.5 Å². The average molecular weight is 166 g/mol. The zero-order chi connectivity index (χ0) is 8.55. The third kappa shape index (κ3) is 1.13. The van der Waals surface area contributed by atoms with E-state index in [-0.39, 0.29) is 5.75 Å². The minimum atomic E-state index is -1.37. The number of fused-ring (bicyclic) bond motifs is 1. The van der Waals surface area contributed by atoms with Crippen LogP contribution < -0.4 is 4.74 Å². The quantitative estimate of drug-likeness (QED) is 0.639. The summed E-state index contributed by atoms with van der Waals surface area (Å²) in [6.45, 7) is 0. The molecule has 62 valence electrons. The summed E-state index contributed by atoms with van der Waals surface area (Å²) in [5.74, 6) is 0.613. The smallest absolute Gasteiger partial charge is 0.257 e. The van der Waals surface area contributed by atoms with Gasteiger partial charge in [0.05, 0.1) is 0 Å². The topological polar surface area (TPSA) is 29.5 Å². The van der Waals surface area contributed by atoms with Gasteiger partial charge in [0.25, 0.3) is 6.36 Å². The van der Waals surface area contributed by atoms with Gasteiger partial charge in [0, 0.05) is 5.56 Å². The molecule has 12 heavy (non-hydrogen) atoms. The lowest BCUT2D eigenvalue weighted by Crippen LogP contribution is -2.10. The Morgan fingerprint density at radius 1 is 1.42 bits per heavy atom. The molecule has 3 heteroatoms. The van der Waals surface area contributed by atoms with Crippen molar-refractivity contribution in [1.82, 2.24) is 0 Å². The van der Waals surface area contributed by atoms with Crippen LogP contribution in [0.4, 0.5) is 4.39 Å². The van der Waals surface area contributed by atoms with E-state index in [9.17, 15) is 4.39 Å². The standard InChI is InChI=1S/C9H7FO2/c10-9-4-1-6-5-7(11)2-3-8(6)12-9/h1-5,9,11H. The highest BCUT2D eigenvalue weighted by molar-refractivity contribution is 5.61. The molecule has 1 unspecified atom stereocenters. The van der Waals surface area contributed by atoms with E-state index in [0.29, 0.717) is 11.3 Å². The summed E-state index contributed by atoms with van der Waals surface area (Å²) in [6, 6.07) is 4.53. The summed E-state index contributed by atoms with van der Waals surface area (Å²) in [5.41, 5.74) is 0.698. The minimum absolute atomic E-state index is 0.152. The maximum absolute atomic E-state index is 12.6. The molecule has 0 saturated carbocycles. The lowest BCUT2D eigenvalue weighted by Gasteiger charge is -2.15. The van der Waals surface area contributed by atoms with Crippen molar-refractivity contribution in [3.05, 3.63) is 29.8 Å². The molecule has 0 aromatic heterocycles. The van der Waals surface area contributed by atoms with Crippen molar-refractivity contribution in [1.29, 1.82) is 0 Å². The predicted molar refractivity (Wildman–Crippen MR) is 42.7 cm³/mol. The van der Waals surface area contributed by atoms with Gasteiger partial charge in [-0.15, -0.1) is 0 Å². The number of hydrogen-bond donors (Lipinski definition) is 1. The van der Waals surface area contributed by atoms with Crippen LogP contribution in [-0.4, -0.2) is 11.5 Å². The van der Waals surface area contributed by atoms with Crippen molar-refractivity contribution in [3.63, 3.8) is 0 Å². The molecular formula is C9H7FO2. The molecule has 0 fully saturated rings. The van der Waals surface area contributed by atoms with Gasteiger partial charge in [-0.05, 0) is 30.4 Å². The summed E-state index contributed by atoms with van der Waals surface area (Å²) >= 11 is 0. The van der Waals surface area contributed by atoms with Crippen molar-refractivity contribution in [2.24, 2.45) is 0 Å². The first kappa shape index (κ1) is 7.16. The van der Waals surface area contributed by atoms with E-state index in [1.165, 1.54) is 18.2 Å². The zero-order valence-electron chi connectivity index (χ0n) is 6.20. The van der Waals surface area contributed by atoms with Gasteiger partial charge in [-0.2, -0.15) is 4.39 Å². The van der Waals surface area contributed by atoms with E-state index in [0.717, 1.165) is 0 Å². The van der Waals surface area contributed by atoms with Crippen LogP contribution >= 0.6 is 0 Å². The Kier molecular flexibility index (Phi) is 1.50. The number of halogens is 1. The highest BCUT2D eigenvalue weighted by atomic mass is 19.1. The molecule has 1 atom stereocenters. The summed E-state index contributed by atoms with van der Waals surface area (Å²) in [5, 5.41) is 9.07. The molecule has 1 N–H and O–H groups in total. The van der Waals surface area contributed by atoms with Gasteiger partial charge >= 0.3 is 0 Å².